The van der Waals surface area contributed by atoms with Crippen molar-refractivity contribution in [2.45, 2.75) is 47.0 Å². The van der Waals surface area contributed by atoms with Crippen molar-refractivity contribution in [1.82, 2.24) is 0 Å². The van der Waals surface area contributed by atoms with E-state index in [1.807, 2.05) is 6.92 Å². The van der Waals surface area contributed by atoms with Gasteiger partial charge < -0.3 is 0 Å². The average Bonchev–Trinajstić information content (AvgIpc) is 2.00. The third-order valence-electron chi connectivity index (χ3n) is 2.08. The van der Waals surface area contributed by atoms with Crippen LogP contribution in [0.3, 0.4) is 0 Å². The van der Waals surface area contributed by atoms with E-state index in [0.717, 1.165) is 12.8 Å². The number of carbonyl (C=O) groups excluding carboxylic acids is 1. The molecule has 0 saturated carbocycles. The molecule has 0 aromatic carbocycles. The maximum absolute atomic E-state index is 11.2. The van der Waals surface area contributed by atoms with Gasteiger partial charge in [-0.05, 0) is 25.3 Å². The summed E-state index contributed by atoms with van der Waals surface area (Å²) in [5, 5.41) is 0. The van der Waals surface area contributed by atoms with Crippen LogP contribution in [-0.2, 0) is 4.79 Å². The second-order valence-electron chi connectivity index (χ2n) is 3.61. The Balaban J connectivity index is 3.88. The Bertz CT molecular complexity index is 166. The van der Waals surface area contributed by atoms with Crippen molar-refractivity contribution in [3.8, 4) is 0 Å². The molecule has 0 rings (SSSR count). The van der Waals surface area contributed by atoms with E-state index in [0.29, 0.717) is 12.3 Å². The molecule has 0 spiro atoms. The van der Waals surface area contributed by atoms with Crippen LogP contribution in [0.2, 0.25) is 0 Å². The zero-order valence-corrected chi connectivity index (χ0v) is 8.68. The number of ketones is 1. The minimum atomic E-state index is 0.281. The standard InChI is InChI=1S/C11H20O/c1-5-6-7-11(12)8-10(4)9(2)3/h8-9H,5-7H2,1-4H3/b10-8+. The van der Waals surface area contributed by atoms with E-state index in [1.165, 1.54) is 5.57 Å². The second-order valence-corrected chi connectivity index (χ2v) is 3.61. The molecule has 0 N–H and O–H groups in total. The van der Waals surface area contributed by atoms with Gasteiger partial charge in [-0.3, -0.25) is 4.79 Å². The molecule has 0 aromatic heterocycles. The fraction of sp³-hybridized carbons (Fsp3) is 0.727. The average molecular weight is 168 g/mol. The Morgan fingerprint density at radius 1 is 1.42 bits per heavy atom. The van der Waals surface area contributed by atoms with Gasteiger partial charge in [-0.25, -0.2) is 0 Å². The molecule has 0 aliphatic heterocycles. The highest BCUT2D eigenvalue weighted by Gasteiger charge is 2.00. The van der Waals surface area contributed by atoms with Crippen LogP contribution in [0.25, 0.3) is 0 Å². The predicted molar refractivity (Wildman–Crippen MR) is 53.1 cm³/mol. The molecule has 0 bridgehead atoms. The van der Waals surface area contributed by atoms with Crippen LogP contribution in [0.1, 0.15) is 47.0 Å². The van der Waals surface area contributed by atoms with E-state index in [1.54, 1.807) is 6.08 Å². The Morgan fingerprint density at radius 2 is 2.00 bits per heavy atom. The number of hydrogen-bond donors (Lipinski definition) is 0. The molecule has 70 valence electrons. The van der Waals surface area contributed by atoms with Crippen LogP contribution in [0.4, 0.5) is 0 Å². The lowest BCUT2D eigenvalue weighted by Crippen LogP contribution is -1.97. The fourth-order valence-corrected chi connectivity index (χ4v) is 0.844. The Hall–Kier alpha value is -0.590. The first-order chi connectivity index (χ1) is 5.57. The first-order valence-electron chi connectivity index (χ1n) is 4.79. The third-order valence-corrected chi connectivity index (χ3v) is 2.08. The molecule has 0 radical (unpaired) electrons. The number of rotatable bonds is 5. The SMILES string of the molecule is CCCCC(=O)/C=C(\C)C(C)C. The molecule has 0 fully saturated rings. The van der Waals surface area contributed by atoms with E-state index in [2.05, 4.69) is 20.8 Å². The molecule has 0 saturated heterocycles. The maximum atomic E-state index is 11.2. The predicted octanol–water partition coefficient (Wildman–Crippen LogP) is 3.35. The summed E-state index contributed by atoms with van der Waals surface area (Å²) in [6.07, 6.45) is 4.61. The van der Waals surface area contributed by atoms with Crippen LogP contribution in [0.15, 0.2) is 11.6 Å². The van der Waals surface area contributed by atoms with Gasteiger partial charge in [0.2, 0.25) is 0 Å². The van der Waals surface area contributed by atoms with Gasteiger partial charge in [0.25, 0.3) is 0 Å². The summed E-state index contributed by atoms with van der Waals surface area (Å²) in [4.78, 5) is 11.2. The number of hydrogen-bond acceptors (Lipinski definition) is 1. The van der Waals surface area contributed by atoms with Gasteiger partial charge in [-0.2, -0.15) is 0 Å². The highest BCUT2D eigenvalue weighted by molar-refractivity contribution is 5.90. The smallest absolute Gasteiger partial charge is 0.155 e. The molecule has 0 amide bonds. The van der Waals surface area contributed by atoms with Gasteiger partial charge in [-0.1, -0.05) is 32.8 Å². The normalized spacial score (nSPS) is 12.2. The van der Waals surface area contributed by atoms with Crippen molar-refractivity contribution >= 4 is 5.78 Å². The number of unbranched alkanes of at least 4 members (excludes halogenated alkanes) is 1. The van der Waals surface area contributed by atoms with E-state index in [9.17, 15) is 4.79 Å². The first kappa shape index (κ1) is 11.4. The Labute approximate surface area is 75.9 Å². The van der Waals surface area contributed by atoms with Crippen LogP contribution in [0, 0.1) is 5.92 Å². The molecule has 0 heterocycles. The molecule has 12 heavy (non-hydrogen) atoms. The Morgan fingerprint density at radius 3 is 2.42 bits per heavy atom. The van der Waals surface area contributed by atoms with Crippen LogP contribution < -0.4 is 0 Å². The van der Waals surface area contributed by atoms with E-state index in [-0.39, 0.29) is 5.78 Å². The molecular weight excluding hydrogens is 148 g/mol. The lowest BCUT2D eigenvalue weighted by atomic mass is 10.0. The summed E-state index contributed by atoms with van der Waals surface area (Å²) < 4.78 is 0. The van der Waals surface area contributed by atoms with Crippen molar-refractivity contribution in [2.75, 3.05) is 0 Å². The van der Waals surface area contributed by atoms with Gasteiger partial charge in [-0.15, -0.1) is 0 Å². The molecule has 1 heteroatoms. The summed E-state index contributed by atoms with van der Waals surface area (Å²) in [6, 6.07) is 0. The summed E-state index contributed by atoms with van der Waals surface area (Å²) in [5.41, 5.74) is 1.19. The van der Waals surface area contributed by atoms with E-state index in [4.69, 9.17) is 0 Å². The summed E-state index contributed by atoms with van der Waals surface area (Å²) in [5.74, 6) is 0.777. The van der Waals surface area contributed by atoms with E-state index >= 15 is 0 Å². The van der Waals surface area contributed by atoms with Crippen molar-refractivity contribution < 1.29 is 4.79 Å². The van der Waals surface area contributed by atoms with E-state index < -0.39 is 0 Å². The van der Waals surface area contributed by atoms with Gasteiger partial charge in [0, 0.05) is 6.42 Å². The van der Waals surface area contributed by atoms with Gasteiger partial charge >= 0.3 is 0 Å². The molecule has 0 atom stereocenters. The molecule has 0 aliphatic rings. The quantitative estimate of drug-likeness (QED) is 0.575. The number of allylic oxidation sites excluding steroid dienone is 2. The second kappa shape index (κ2) is 5.99. The van der Waals surface area contributed by atoms with Crippen molar-refractivity contribution in [3.63, 3.8) is 0 Å². The topological polar surface area (TPSA) is 17.1 Å². The maximum Gasteiger partial charge on any atom is 0.155 e. The van der Waals surface area contributed by atoms with Crippen molar-refractivity contribution in [3.05, 3.63) is 11.6 Å². The summed E-state index contributed by atoms with van der Waals surface area (Å²) in [7, 11) is 0. The van der Waals surface area contributed by atoms with Crippen molar-refractivity contribution in [1.29, 1.82) is 0 Å². The highest BCUT2D eigenvalue weighted by Crippen LogP contribution is 2.08. The minimum Gasteiger partial charge on any atom is -0.295 e. The fourth-order valence-electron chi connectivity index (χ4n) is 0.844. The molecular formula is C11H20O. The zero-order chi connectivity index (χ0) is 9.56. The van der Waals surface area contributed by atoms with Gasteiger partial charge in [0.05, 0.1) is 0 Å². The third kappa shape index (κ3) is 5.11. The largest absolute Gasteiger partial charge is 0.295 e. The highest BCUT2D eigenvalue weighted by atomic mass is 16.1. The van der Waals surface area contributed by atoms with Gasteiger partial charge in [0.1, 0.15) is 0 Å². The monoisotopic (exact) mass is 168 g/mol. The molecule has 0 unspecified atom stereocenters. The molecule has 0 aromatic rings. The van der Waals surface area contributed by atoms with Crippen LogP contribution >= 0.6 is 0 Å². The summed E-state index contributed by atoms with van der Waals surface area (Å²) >= 11 is 0. The molecule has 0 aliphatic carbocycles. The zero-order valence-electron chi connectivity index (χ0n) is 8.68. The Kier molecular flexibility index (Phi) is 5.69. The minimum absolute atomic E-state index is 0.281. The molecule has 1 nitrogen and oxygen atoms in total. The first-order valence-corrected chi connectivity index (χ1v) is 4.79. The van der Waals surface area contributed by atoms with Crippen LogP contribution in [-0.4, -0.2) is 5.78 Å². The summed E-state index contributed by atoms with van der Waals surface area (Å²) in [6.45, 7) is 8.35. The van der Waals surface area contributed by atoms with Crippen LogP contribution in [0.5, 0.6) is 0 Å². The lowest BCUT2D eigenvalue weighted by Gasteiger charge is -2.03. The van der Waals surface area contributed by atoms with Crippen molar-refractivity contribution in [2.24, 2.45) is 5.92 Å². The number of carbonyl (C=O) groups is 1. The lowest BCUT2D eigenvalue weighted by molar-refractivity contribution is -0.114. The van der Waals surface area contributed by atoms with Gasteiger partial charge in [0.15, 0.2) is 5.78 Å².